The van der Waals surface area contributed by atoms with Gasteiger partial charge in [-0.15, -0.1) is 16.4 Å². The molecule has 0 aliphatic carbocycles. The molecule has 0 saturated carbocycles. The molecular formula is C13H18N4OS2. The summed E-state index contributed by atoms with van der Waals surface area (Å²) >= 11 is 6.53. The van der Waals surface area contributed by atoms with Crippen molar-refractivity contribution in [3.05, 3.63) is 15.2 Å². The number of thiazole rings is 1. The van der Waals surface area contributed by atoms with Crippen molar-refractivity contribution in [3.8, 4) is 11.6 Å². The third-order valence-electron chi connectivity index (χ3n) is 3.76. The molecule has 3 heterocycles. The summed E-state index contributed by atoms with van der Waals surface area (Å²) in [6.07, 6.45) is 4.99. The first-order chi connectivity index (χ1) is 9.72. The highest BCUT2D eigenvalue weighted by Gasteiger charge is 2.18. The minimum absolute atomic E-state index is 0.289. The Morgan fingerprint density at radius 2 is 2.45 bits per heavy atom. The number of hydrogen-bond donors (Lipinski definition) is 1. The summed E-state index contributed by atoms with van der Waals surface area (Å²) in [4.78, 5) is 7.42. The van der Waals surface area contributed by atoms with Gasteiger partial charge in [0.25, 0.3) is 10.7 Å². The highest BCUT2D eigenvalue weighted by atomic mass is 32.1. The van der Waals surface area contributed by atoms with Crippen LogP contribution in [-0.2, 0) is 6.42 Å². The molecule has 1 fully saturated rings. The summed E-state index contributed by atoms with van der Waals surface area (Å²) in [5.41, 5.74) is 0.768. The van der Waals surface area contributed by atoms with Crippen molar-refractivity contribution in [3.63, 3.8) is 0 Å². The lowest BCUT2D eigenvalue weighted by Crippen LogP contribution is -2.38. The standard InChI is InChI=1S/C13H18N4OS2/c1-9-4-2-3-6-17(9)7-5-11-14-10(8-20-11)12-15-16-13(19)18-12/h8-9H,2-7H2,1H3,(H,16,19). The van der Waals surface area contributed by atoms with E-state index < -0.39 is 0 Å². The van der Waals surface area contributed by atoms with Gasteiger partial charge in [-0.25, -0.2) is 10.1 Å². The van der Waals surface area contributed by atoms with Crippen molar-refractivity contribution in [2.24, 2.45) is 0 Å². The van der Waals surface area contributed by atoms with Gasteiger partial charge < -0.3 is 9.32 Å². The molecule has 2 aromatic rings. The average molecular weight is 310 g/mol. The predicted molar refractivity (Wildman–Crippen MR) is 81.4 cm³/mol. The van der Waals surface area contributed by atoms with Crippen LogP contribution in [0.4, 0.5) is 0 Å². The Morgan fingerprint density at radius 1 is 1.55 bits per heavy atom. The lowest BCUT2D eigenvalue weighted by molar-refractivity contribution is 0.163. The molecule has 5 nitrogen and oxygen atoms in total. The quantitative estimate of drug-likeness (QED) is 0.878. The molecule has 1 atom stereocenters. The van der Waals surface area contributed by atoms with Crippen molar-refractivity contribution < 1.29 is 4.42 Å². The van der Waals surface area contributed by atoms with Gasteiger partial charge in [0.15, 0.2) is 0 Å². The van der Waals surface area contributed by atoms with Crippen LogP contribution in [0.5, 0.6) is 0 Å². The third-order valence-corrected chi connectivity index (χ3v) is 4.85. The van der Waals surface area contributed by atoms with Gasteiger partial charge in [0, 0.05) is 24.4 Å². The molecule has 0 radical (unpaired) electrons. The van der Waals surface area contributed by atoms with E-state index in [2.05, 4.69) is 27.0 Å². The van der Waals surface area contributed by atoms with Gasteiger partial charge in [-0.05, 0) is 38.5 Å². The summed E-state index contributed by atoms with van der Waals surface area (Å²) < 4.78 is 5.28. The zero-order chi connectivity index (χ0) is 13.9. The molecule has 0 spiro atoms. The number of nitrogens with zero attached hydrogens (tertiary/aromatic N) is 3. The Labute approximate surface area is 127 Å². The summed E-state index contributed by atoms with van der Waals surface area (Å²) in [5.74, 6) is 0.476. The molecule has 1 aliphatic heterocycles. The number of nitrogens with one attached hydrogen (secondary N) is 1. The Bertz CT molecular complexity index is 618. The smallest absolute Gasteiger partial charge is 0.284 e. The fraction of sp³-hybridized carbons (Fsp3) is 0.615. The minimum Gasteiger partial charge on any atom is -0.408 e. The highest BCUT2D eigenvalue weighted by molar-refractivity contribution is 7.71. The minimum atomic E-state index is 0.289. The molecule has 0 bridgehead atoms. The Balaban J connectivity index is 1.61. The van der Waals surface area contributed by atoms with Crippen molar-refractivity contribution in [1.29, 1.82) is 0 Å². The molecule has 1 saturated heterocycles. The predicted octanol–water partition coefficient (Wildman–Crippen LogP) is 3.27. The van der Waals surface area contributed by atoms with Gasteiger partial charge in [-0.1, -0.05) is 6.42 Å². The van der Waals surface area contributed by atoms with Crippen LogP contribution in [-0.4, -0.2) is 39.2 Å². The molecule has 2 aromatic heterocycles. The Hall–Kier alpha value is -1.05. The second-order valence-corrected chi connectivity index (χ2v) is 6.49. The summed E-state index contributed by atoms with van der Waals surface area (Å²) in [6, 6.07) is 0.701. The first-order valence-corrected chi connectivity index (χ1v) is 8.25. The number of H-pyrrole nitrogens is 1. The molecule has 1 aliphatic rings. The molecule has 108 valence electrons. The fourth-order valence-corrected chi connectivity index (χ4v) is 3.48. The largest absolute Gasteiger partial charge is 0.408 e. The zero-order valence-electron chi connectivity index (χ0n) is 11.5. The van der Waals surface area contributed by atoms with E-state index in [1.165, 1.54) is 25.8 Å². The maximum absolute atomic E-state index is 5.28. The Kier molecular flexibility index (Phi) is 4.28. The van der Waals surface area contributed by atoms with Crippen LogP contribution < -0.4 is 0 Å². The van der Waals surface area contributed by atoms with E-state index in [-0.39, 0.29) is 4.84 Å². The van der Waals surface area contributed by atoms with Gasteiger partial charge in [-0.2, -0.15) is 0 Å². The highest BCUT2D eigenvalue weighted by Crippen LogP contribution is 2.22. The molecule has 0 amide bonds. The zero-order valence-corrected chi connectivity index (χ0v) is 13.1. The molecule has 7 heteroatoms. The van der Waals surface area contributed by atoms with Gasteiger partial charge in [0.1, 0.15) is 5.69 Å². The number of likely N-dealkylation sites (tertiary alicyclic amines) is 1. The van der Waals surface area contributed by atoms with E-state index in [4.69, 9.17) is 16.6 Å². The van der Waals surface area contributed by atoms with E-state index in [1.807, 2.05) is 5.38 Å². The van der Waals surface area contributed by atoms with Crippen LogP contribution in [0.1, 0.15) is 31.2 Å². The fourth-order valence-electron chi connectivity index (χ4n) is 2.59. The first kappa shape index (κ1) is 13.9. The normalized spacial score (nSPS) is 20.4. The maximum atomic E-state index is 5.28. The topological polar surface area (TPSA) is 58.0 Å². The van der Waals surface area contributed by atoms with Crippen molar-refractivity contribution >= 4 is 23.6 Å². The van der Waals surface area contributed by atoms with Crippen LogP contribution in [0, 0.1) is 4.84 Å². The van der Waals surface area contributed by atoms with E-state index >= 15 is 0 Å². The average Bonchev–Trinajstić information content (AvgIpc) is 3.06. The van der Waals surface area contributed by atoms with Gasteiger partial charge in [-0.3, -0.25) is 0 Å². The molecular weight excluding hydrogens is 292 g/mol. The van der Waals surface area contributed by atoms with E-state index in [0.717, 1.165) is 23.7 Å². The van der Waals surface area contributed by atoms with Crippen LogP contribution in [0.2, 0.25) is 0 Å². The third kappa shape index (κ3) is 3.16. The molecule has 1 unspecified atom stereocenters. The Morgan fingerprint density at radius 3 is 3.20 bits per heavy atom. The van der Waals surface area contributed by atoms with E-state index in [1.54, 1.807) is 11.3 Å². The van der Waals surface area contributed by atoms with Crippen LogP contribution in [0.15, 0.2) is 9.80 Å². The molecule has 3 rings (SSSR count). The second kappa shape index (κ2) is 6.15. The van der Waals surface area contributed by atoms with Gasteiger partial charge in [0.2, 0.25) is 0 Å². The van der Waals surface area contributed by atoms with Crippen molar-refractivity contribution in [1.82, 2.24) is 20.1 Å². The first-order valence-electron chi connectivity index (χ1n) is 6.97. The van der Waals surface area contributed by atoms with Crippen molar-refractivity contribution in [2.45, 2.75) is 38.6 Å². The number of aromatic nitrogens is 3. The van der Waals surface area contributed by atoms with Gasteiger partial charge >= 0.3 is 0 Å². The molecule has 1 N–H and O–H groups in total. The van der Waals surface area contributed by atoms with Gasteiger partial charge in [0.05, 0.1) is 5.01 Å². The monoisotopic (exact) mass is 310 g/mol. The van der Waals surface area contributed by atoms with Crippen LogP contribution >= 0.6 is 23.6 Å². The van der Waals surface area contributed by atoms with E-state index in [9.17, 15) is 0 Å². The van der Waals surface area contributed by atoms with Crippen molar-refractivity contribution in [2.75, 3.05) is 13.1 Å². The molecule has 0 aromatic carbocycles. The number of hydrogen-bond acceptors (Lipinski definition) is 6. The summed E-state index contributed by atoms with van der Waals surface area (Å²) in [5, 5.41) is 9.72. The number of piperidine rings is 1. The lowest BCUT2D eigenvalue weighted by atomic mass is 10.0. The van der Waals surface area contributed by atoms with Crippen LogP contribution in [0.3, 0.4) is 0 Å². The van der Waals surface area contributed by atoms with E-state index in [0.29, 0.717) is 11.9 Å². The SMILES string of the molecule is CC1CCCCN1CCc1nc(-c2n[nH]c(=S)o2)cs1. The number of rotatable bonds is 4. The van der Waals surface area contributed by atoms with Crippen LogP contribution in [0.25, 0.3) is 11.6 Å². The molecule has 20 heavy (non-hydrogen) atoms. The summed E-state index contributed by atoms with van der Waals surface area (Å²) in [7, 11) is 0. The number of aromatic amines is 1. The summed E-state index contributed by atoms with van der Waals surface area (Å²) in [6.45, 7) is 4.62. The second-order valence-electron chi connectivity index (χ2n) is 5.18. The lowest BCUT2D eigenvalue weighted by Gasteiger charge is -2.32. The maximum Gasteiger partial charge on any atom is 0.284 e.